The van der Waals surface area contributed by atoms with Gasteiger partial charge in [0.15, 0.2) is 6.10 Å². The fourth-order valence-corrected chi connectivity index (χ4v) is 4.95. The van der Waals surface area contributed by atoms with Crippen LogP contribution in [-0.4, -0.2) is 14.0 Å². The van der Waals surface area contributed by atoms with Crippen LogP contribution in [0.25, 0.3) is 0 Å². The molecule has 1 fully saturated rings. The van der Waals surface area contributed by atoms with Gasteiger partial charge in [0.2, 0.25) is 0 Å². The highest BCUT2D eigenvalue weighted by atomic mass is 28.3. The normalized spacial score (nSPS) is 19.0. The van der Waals surface area contributed by atoms with Gasteiger partial charge < -0.3 is 0 Å². The summed E-state index contributed by atoms with van der Waals surface area (Å²) in [4.78, 5) is 23.0. The first-order chi connectivity index (χ1) is 12.2. The molecule has 0 bridgehead atoms. The molecule has 0 amide bonds. The molecular weight excluding hydrogens is 340 g/mol. The van der Waals surface area contributed by atoms with Gasteiger partial charge in [0.25, 0.3) is 0 Å². The van der Waals surface area contributed by atoms with Gasteiger partial charge in [0, 0.05) is 5.92 Å². The molecule has 0 N–H and O–H groups in total. The van der Waals surface area contributed by atoms with Gasteiger partial charge in [-0.25, -0.2) is 4.79 Å². The van der Waals surface area contributed by atoms with E-state index in [0.29, 0.717) is 11.5 Å². The van der Waals surface area contributed by atoms with Gasteiger partial charge in [0.05, 0.1) is 5.56 Å². The summed E-state index contributed by atoms with van der Waals surface area (Å²) >= 11 is 0. The molecule has 3 nitrogen and oxygen atoms in total. The van der Waals surface area contributed by atoms with Crippen LogP contribution in [0.5, 0.6) is 0 Å². The molecular formula is C22H31O3Si. The molecule has 1 radical (unpaired) electrons. The summed E-state index contributed by atoms with van der Waals surface area (Å²) in [7, 11) is -1.87. The van der Waals surface area contributed by atoms with Gasteiger partial charge in [-0.05, 0) is 30.4 Å². The van der Waals surface area contributed by atoms with E-state index in [1.165, 1.54) is 6.42 Å². The first-order valence-electron chi connectivity index (χ1n) is 9.33. The topological polar surface area (TPSA) is 35.5 Å². The number of rotatable bonds is 6. The second-order valence-electron chi connectivity index (χ2n) is 8.35. The van der Waals surface area contributed by atoms with Crippen LogP contribution in [0.1, 0.15) is 56.8 Å². The van der Waals surface area contributed by atoms with E-state index >= 15 is 0 Å². The second-order valence-corrected chi connectivity index (χ2v) is 12.3. The number of benzene rings is 1. The van der Waals surface area contributed by atoms with E-state index in [0.717, 1.165) is 30.6 Å². The van der Waals surface area contributed by atoms with Crippen molar-refractivity contribution in [1.29, 1.82) is 0 Å². The van der Waals surface area contributed by atoms with Crippen LogP contribution in [0.3, 0.4) is 0 Å². The molecule has 1 aliphatic carbocycles. The Morgan fingerprint density at radius 3 is 2.31 bits per heavy atom. The molecule has 1 atom stereocenters. The molecule has 0 spiro atoms. The molecule has 1 saturated carbocycles. The van der Waals surface area contributed by atoms with Crippen molar-refractivity contribution in [2.45, 2.75) is 53.0 Å². The third-order valence-corrected chi connectivity index (χ3v) is 8.69. The molecule has 0 heterocycles. The van der Waals surface area contributed by atoms with Gasteiger partial charge in [-0.1, -0.05) is 68.9 Å². The van der Waals surface area contributed by atoms with E-state index in [2.05, 4.69) is 40.5 Å². The smallest absolute Gasteiger partial charge is 0.292 e. The number of hydrogen-bond acceptors (Lipinski definition) is 3. The van der Waals surface area contributed by atoms with Crippen molar-refractivity contribution < 1.29 is 14.6 Å². The predicted octanol–water partition coefficient (Wildman–Crippen LogP) is 5.28. The van der Waals surface area contributed by atoms with E-state index < -0.39 is 14.0 Å². The molecule has 2 rings (SSSR count). The molecule has 141 valence electrons. The SMILES string of the molecule is C=C[Si](C)(C=C)c1ccc(C(=O)OO[C]2CCCCC2C(C)(C)C)cc1. The van der Waals surface area contributed by atoms with Crippen LogP contribution >= 0.6 is 0 Å². The average Bonchev–Trinajstić information content (AvgIpc) is 2.65. The highest BCUT2D eigenvalue weighted by molar-refractivity contribution is 6.98. The monoisotopic (exact) mass is 371 g/mol. The van der Waals surface area contributed by atoms with E-state index in [-0.39, 0.29) is 5.41 Å². The molecule has 4 heteroatoms. The second kappa shape index (κ2) is 8.36. The molecule has 0 aliphatic heterocycles. The summed E-state index contributed by atoms with van der Waals surface area (Å²) in [5.41, 5.74) is 4.54. The summed E-state index contributed by atoms with van der Waals surface area (Å²) in [6.45, 7) is 16.6. The van der Waals surface area contributed by atoms with Crippen LogP contribution in [0, 0.1) is 17.4 Å². The third kappa shape index (κ3) is 4.74. The highest BCUT2D eigenvalue weighted by Gasteiger charge is 2.37. The minimum atomic E-state index is -1.87. The van der Waals surface area contributed by atoms with Gasteiger partial charge in [-0.2, -0.15) is 4.89 Å². The van der Waals surface area contributed by atoms with Crippen LogP contribution in [0.4, 0.5) is 0 Å². The minimum Gasteiger partial charge on any atom is -0.292 e. The number of carbonyl (C=O) groups is 1. The Morgan fingerprint density at radius 2 is 1.77 bits per heavy atom. The lowest BCUT2D eigenvalue weighted by atomic mass is 9.71. The van der Waals surface area contributed by atoms with E-state index in [1.54, 1.807) is 12.1 Å². The Balaban J connectivity index is 2.01. The summed E-state index contributed by atoms with van der Waals surface area (Å²) in [5.74, 6) is -0.138. The largest absolute Gasteiger partial charge is 0.373 e. The van der Waals surface area contributed by atoms with Crippen molar-refractivity contribution in [2.24, 2.45) is 11.3 Å². The Kier molecular flexibility index (Phi) is 6.64. The fourth-order valence-electron chi connectivity index (χ4n) is 3.42. The molecule has 0 aromatic heterocycles. The van der Waals surface area contributed by atoms with Crippen LogP contribution in [0.2, 0.25) is 6.55 Å². The summed E-state index contributed by atoms with van der Waals surface area (Å²) in [5, 5.41) is 1.16. The third-order valence-electron chi connectivity index (χ3n) is 5.42. The predicted molar refractivity (Wildman–Crippen MR) is 109 cm³/mol. The van der Waals surface area contributed by atoms with Crippen molar-refractivity contribution in [2.75, 3.05) is 0 Å². The first kappa shape index (κ1) is 20.7. The van der Waals surface area contributed by atoms with Crippen LogP contribution < -0.4 is 5.19 Å². The van der Waals surface area contributed by atoms with Crippen molar-refractivity contribution in [3.05, 3.63) is 60.5 Å². The van der Waals surface area contributed by atoms with E-state index in [1.807, 2.05) is 23.5 Å². The van der Waals surface area contributed by atoms with Crippen molar-refractivity contribution in [1.82, 2.24) is 0 Å². The number of hydrogen-bond donors (Lipinski definition) is 0. The maximum Gasteiger partial charge on any atom is 0.373 e. The van der Waals surface area contributed by atoms with E-state index in [9.17, 15) is 4.79 Å². The molecule has 1 aliphatic rings. The van der Waals surface area contributed by atoms with Crippen molar-refractivity contribution >= 4 is 19.2 Å². The molecule has 0 saturated heterocycles. The lowest BCUT2D eigenvalue weighted by Crippen LogP contribution is -2.40. The van der Waals surface area contributed by atoms with Gasteiger partial charge in [0.1, 0.15) is 8.07 Å². The summed E-state index contributed by atoms with van der Waals surface area (Å²) in [6.07, 6.45) is 5.11. The van der Waals surface area contributed by atoms with Crippen molar-refractivity contribution in [3.8, 4) is 0 Å². The van der Waals surface area contributed by atoms with Crippen LogP contribution in [-0.2, 0) is 9.78 Å². The maximum absolute atomic E-state index is 12.4. The zero-order valence-corrected chi connectivity index (χ0v) is 17.5. The Labute approximate surface area is 159 Å². The Bertz CT molecular complexity index is 634. The van der Waals surface area contributed by atoms with Gasteiger partial charge in [-0.15, -0.1) is 13.2 Å². The van der Waals surface area contributed by atoms with Crippen LogP contribution in [0.15, 0.2) is 48.8 Å². The average molecular weight is 372 g/mol. The lowest BCUT2D eigenvalue weighted by Gasteiger charge is -2.37. The molecule has 1 aromatic carbocycles. The van der Waals surface area contributed by atoms with Crippen molar-refractivity contribution in [3.63, 3.8) is 0 Å². The molecule has 1 unspecified atom stereocenters. The summed E-state index contributed by atoms with van der Waals surface area (Å²) in [6, 6.07) is 7.48. The minimum absolute atomic E-state index is 0.105. The quantitative estimate of drug-likeness (QED) is 0.388. The maximum atomic E-state index is 12.4. The zero-order valence-electron chi connectivity index (χ0n) is 16.5. The molecule has 26 heavy (non-hydrogen) atoms. The first-order valence-corrected chi connectivity index (χ1v) is 12.0. The van der Waals surface area contributed by atoms with Gasteiger partial charge >= 0.3 is 5.97 Å². The standard InChI is InChI=1S/C22H31O3Si/c1-7-26(6,8-2)18-15-13-17(14-16-18)21(23)25-24-20-12-10-9-11-19(20)22(3,4)5/h7-8,13-16,19H,1-2,9-12H2,3-6H3. The highest BCUT2D eigenvalue weighted by Crippen LogP contribution is 2.43. The van der Waals surface area contributed by atoms with Gasteiger partial charge in [-0.3, -0.25) is 4.89 Å². The fraction of sp³-hybridized carbons (Fsp3) is 0.455. The lowest BCUT2D eigenvalue weighted by molar-refractivity contribution is -0.252. The Morgan fingerprint density at radius 1 is 1.15 bits per heavy atom. The summed E-state index contributed by atoms with van der Waals surface area (Å²) < 4.78 is 0. The van der Waals surface area contributed by atoms with E-state index in [4.69, 9.17) is 9.78 Å². The Hall–Kier alpha value is -1.65. The number of carbonyl (C=O) groups excluding carboxylic acids is 1. The molecule has 1 aromatic rings. The zero-order chi connectivity index (χ0) is 19.4.